The number of carbonyl (C=O) groups excluding carboxylic acids is 8. The zero-order valence-corrected chi connectivity index (χ0v) is 46.2. The molecule has 8 amide bonds. The largest absolute Gasteiger partial charge is 0.504 e. The molecule has 14 atom stereocenters. The molecule has 3 heterocycles. The molecule has 1 aromatic rings. The maximum Gasteiger partial charge on any atom is 0.446 e. The predicted molar refractivity (Wildman–Crippen MR) is 281 cm³/mol. The van der Waals surface area contributed by atoms with E-state index in [1.807, 2.05) is 0 Å². The van der Waals surface area contributed by atoms with Gasteiger partial charge in [-0.1, -0.05) is 97.0 Å². The average molecular weight is 1160 g/mol. The number of nitrogens with two attached hydrogens (primary N) is 1. The number of phenolic OH excluding ortho intramolecular Hbond substituents is 1. The molecule has 0 aliphatic carbocycles. The lowest BCUT2D eigenvalue weighted by Gasteiger charge is -2.34. The van der Waals surface area contributed by atoms with Crippen LogP contribution in [0.4, 0.5) is 0 Å². The first-order valence-corrected chi connectivity index (χ1v) is 28.7. The maximum atomic E-state index is 14.6. The molecule has 452 valence electrons. The van der Waals surface area contributed by atoms with Gasteiger partial charge < -0.3 is 87.2 Å². The molecule has 0 radical (unpaired) electrons. The Labute approximate surface area is 464 Å². The number of carbonyl (C=O) groups is 8. The maximum absolute atomic E-state index is 14.6. The first-order chi connectivity index (χ1) is 37.6. The molecule has 0 spiro atoms. The minimum atomic E-state index is -5.13. The quantitative estimate of drug-likeness (QED) is 0.0360. The van der Waals surface area contributed by atoms with Gasteiger partial charge in [-0.2, -0.15) is 8.42 Å². The van der Waals surface area contributed by atoms with Crippen LogP contribution in [0, 0.1) is 5.92 Å². The minimum absolute atomic E-state index is 0.0945. The molecule has 16 N–H and O–H groups in total. The summed E-state index contributed by atoms with van der Waals surface area (Å²) in [5, 5.41) is 100. The van der Waals surface area contributed by atoms with Crippen molar-refractivity contribution in [3.05, 3.63) is 23.8 Å². The summed E-state index contributed by atoms with van der Waals surface area (Å²) in [4.78, 5) is 113. The lowest BCUT2D eigenvalue weighted by molar-refractivity contribution is -0.148. The van der Waals surface area contributed by atoms with E-state index in [0.717, 1.165) is 62.1 Å². The fourth-order valence-corrected chi connectivity index (χ4v) is 10.4. The number of aliphatic hydroxyl groups is 7. The van der Waals surface area contributed by atoms with Crippen LogP contribution >= 0.6 is 0 Å². The van der Waals surface area contributed by atoms with E-state index in [2.05, 4.69) is 37.7 Å². The summed E-state index contributed by atoms with van der Waals surface area (Å²) in [6.07, 6.45) is -3.61. The number of nitrogens with zero attached hydrogens (tertiary/aromatic N) is 2. The summed E-state index contributed by atoms with van der Waals surface area (Å²) < 4.78 is 36.0. The summed E-state index contributed by atoms with van der Waals surface area (Å²) in [7, 11) is -5.13. The second-order valence-electron chi connectivity index (χ2n) is 21.2. The molecular formula is C51H82N8O20S. The topological polar surface area (TPSA) is 455 Å². The minimum Gasteiger partial charge on any atom is -0.504 e. The third-order valence-corrected chi connectivity index (χ3v) is 14.9. The van der Waals surface area contributed by atoms with E-state index < -0.39 is 193 Å². The standard InChI is InChI=1S/C51H82N8O20S/c1-4-5-6-7-8-9-10-11-12-13-14-15-16-17-39(67)53-31-23-36(65)47(71)57-49(73)43-44(68)27(2)25-59(43)51(75)42(35(64)24-38(52)66)56-48(72)41(34(63)21-29-18-19-37(33(62)20-29)79-80(76,77)78)55-46(70)32-22-30(61)26-58(32)50(74)40(28(3)60)54-45(31)69/h18-20,27-28,30-32,34-36,40-44,47,60-65,68,71H,4-17,21-26H2,1-3H3,(H2,52,66)(H,53,67)(H,54,69)(H,55,70)(H,56,72)(H,57,73)(H,76,77,78)/t27?,28-,30-,31+,32+,34?,35?,36?,40+,41+,42+,43+,44+,47?/m1/s1. The summed E-state index contributed by atoms with van der Waals surface area (Å²) in [5.74, 6) is -12.4. The summed E-state index contributed by atoms with van der Waals surface area (Å²) in [6, 6.07) is -9.28. The van der Waals surface area contributed by atoms with Gasteiger partial charge in [-0.3, -0.25) is 42.9 Å². The molecule has 3 saturated heterocycles. The van der Waals surface area contributed by atoms with E-state index in [-0.39, 0.29) is 12.0 Å². The Balaban J connectivity index is 1.71. The highest BCUT2D eigenvalue weighted by molar-refractivity contribution is 7.81. The third kappa shape index (κ3) is 20.0. The van der Waals surface area contributed by atoms with Crippen molar-refractivity contribution in [1.29, 1.82) is 0 Å². The van der Waals surface area contributed by atoms with Gasteiger partial charge in [0.1, 0.15) is 42.4 Å². The van der Waals surface area contributed by atoms with Gasteiger partial charge in [-0.15, -0.1) is 0 Å². The van der Waals surface area contributed by atoms with Gasteiger partial charge in [-0.25, -0.2) is 0 Å². The summed E-state index contributed by atoms with van der Waals surface area (Å²) in [5.41, 5.74) is 5.25. The third-order valence-electron chi connectivity index (χ3n) is 14.5. The second kappa shape index (κ2) is 31.4. The fraction of sp³-hybridized carbons (Fsp3) is 0.725. The Kier molecular flexibility index (Phi) is 26.2. The molecule has 4 rings (SSSR count). The van der Waals surface area contributed by atoms with Crippen molar-refractivity contribution in [3.8, 4) is 11.5 Å². The van der Waals surface area contributed by atoms with Crippen LogP contribution in [0.25, 0.3) is 0 Å². The van der Waals surface area contributed by atoms with Crippen LogP contribution in [0.1, 0.15) is 135 Å². The predicted octanol–water partition coefficient (Wildman–Crippen LogP) is -3.12. The summed E-state index contributed by atoms with van der Waals surface area (Å²) >= 11 is 0. The Hall–Kier alpha value is -5.79. The molecule has 80 heavy (non-hydrogen) atoms. The van der Waals surface area contributed by atoms with E-state index in [1.54, 1.807) is 0 Å². The molecule has 0 saturated carbocycles. The van der Waals surface area contributed by atoms with Crippen LogP contribution in [0.15, 0.2) is 18.2 Å². The van der Waals surface area contributed by atoms with Crippen LogP contribution in [-0.4, -0.2) is 203 Å². The van der Waals surface area contributed by atoms with Crippen LogP contribution in [0.2, 0.25) is 0 Å². The Morgan fingerprint density at radius 2 is 1.30 bits per heavy atom. The molecule has 3 aliphatic heterocycles. The second-order valence-corrected chi connectivity index (χ2v) is 22.2. The first kappa shape index (κ1) is 66.7. The van der Waals surface area contributed by atoms with Crippen LogP contribution in [0.3, 0.4) is 0 Å². The number of unbranched alkanes of at least 4 members (excludes halogenated alkanes) is 12. The number of amides is 8. The Morgan fingerprint density at radius 1 is 0.738 bits per heavy atom. The van der Waals surface area contributed by atoms with Crippen molar-refractivity contribution in [2.45, 2.75) is 215 Å². The van der Waals surface area contributed by atoms with Crippen molar-refractivity contribution in [1.82, 2.24) is 36.4 Å². The van der Waals surface area contributed by atoms with E-state index in [9.17, 15) is 87.6 Å². The lowest BCUT2D eigenvalue weighted by Crippen LogP contribution is -2.64. The van der Waals surface area contributed by atoms with Crippen molar-refractivity contribution in [3.63, 3.8) is 0 Å². The van der Waals surface area contributed by atoms with E-state index >= 15 is 0 Å². The van der Waals surface area contributed by atoms with E-state index in [1.165, 1.54) is 45.4 Å². The van der Waals surface area contributed by atoms with E-state index in [0.29, 0.717) is 17.7 Å². The Bertz CT molecular complexity index is 2400. The highest BCUT2D eigenvalue weighted by Crippen LogP contribution is 2.30. The number of fused-ring (bicyclic) bond motifs is 2. The number of aromatic hydroxyl groups is 1. The van der Waals surface area contributed by atoms with Crippen LogP contribution < -0.4 is 36.5 Å². The van der Waals surface area contributed by atoms with Crippen LogP contribution in [-0.2, 0) is 55.2 Å². The SMILES string of the molecule is CCCCCCCCCCCCCCCC(=O)N[C@H]1CC(O)C(O)NC(=O)[C@@H]2[C@@H](O)C(C)CN2C(=O)[C@H](C(O)CC(N)=O)NC(=O)[C@H](C(O)Cc2ccc(OS(=O)(=O)O)c(O)c2)NC(=O)[C@@H]2C[C@@H](O)CN2C(=O)[C@H]([C@@H](C)O)NC1=O. The number of benzene rings is 1. The molecule has 3 aliphatic rings. The van der Waals surface area contributed by atoms with Gasteiger partial charge in [-0.05, 0) is 31.0 Å². The van der Waals surface area contributed by atoms with Gasteiger partial charge in [0.15, 0.2) is 17.7 Å². The smallest absolute Gasteiger partial charge is 0.446 e. The van der Waals surface area contributed by atoms with Gasteiger partial charge in [0, 0.05) is 44.7 Å². The number of phenols is 1. The van der Waals surface area contributed by atoms with Gasteiger partial charge in [0.05, 0.1) is 36.9 Å². The number of hydrogen-bond donors (Lipinski definition) is 15. The van der Waals surface area contributed by atoms with Crippen molar-refractivity contribution < 1.29 is 96.4 Å². The molecule has 28 nitrogen and oxygen atoms in total. The molecule has 29 heteroatoms. The van der Waals surface area contributed by atoms with Crippen molar-refractivity contribution in [2.75, 3.05) is 13.1 Å². The van der Waals surface area contributed by atoms with Gasteiger partial charge >= 0.3 is 10.4 Å². The van der Waals surface area contributed by atoms with Gasteiger partial charge in [0.2, 0.25) is 47.3 Å². The summed E-state index contributed by atoms with van der Waals surface area (Å²) in [6.45, 7) is 3.57. The molecular weight excluding hydrogens is 1080 g/mol. The number of primary amides is 1. The van der Waals surface area contributed by atoms with Gasteiger partial charge in [0.25, 0.3) is 0 Å². The van der Waals surface area contributed by atoms with E-state index in [4.69, 9.17) is 10.3 Å². The molecule has 3 fully saturated rings. The Morgan fingerprint density at radius 3 is 1.86 bits per heavy atom. The number of nitrogens with one attached hydrogen (secondary N) is 5. The fourth-order valence-electron chi connectivity index (χ4n) is 10.1. The number of aliphatic hydroxyl groups excluding tert-OH is 7. The van der Waals surface area contributed by atoms with Crippen molar-refractivity contribution in [2.24, 2.45) is 11.7 Å². The zero-order valence-electron chi connectivity index (χ0n) is 45.4. The first-order valence-electron chi connectivity index (χ1n) is 27.3. The van der Waals surface area contributed by atoms with Crippen LogP contribution in [0.5, 0.6) is 11.5 Å². The van der Waals surface area contributed by atoms with Crippen molar-refractivity contribution >= 4 is 57.7 Å². The normalized spacial score (nSPS) is 27.8. The number of hydrogen-bond acceptors (Lipinski definition) is 19. The number of rotatable bonds is 24. The monoisotopic (exact) mass is 1160 g/mol. The highest BCUT2D eigenvalue weighted by Gasteiger charge is 2.50. The average Bonchev–Trinajstić information content (AvgIpc) is 4.06. The lowest BCUT2D eigenvalue weighted by atomic mass is 9.98. The zero-order chi connectivity index (χ0) is 59.6. The molecule has 0 aromatic heterocycles. The molecule has 5 unspecified atom stereocenters. The molecule has 1 aromatic carbocycles. The molecule has 0 bridgehead atoms. The highest BCUT2D eigenvalue weighted by atomic mass is 32.3.